The summed E-state index contributed by atoms with van der Waals surface area (Å²) in [6.07, 6.45) is 2.35. The monoisotopic (exact) mass is 237 g/mol. The van der Waals surface area contributed by atoms with E-state index in [2.05, 4.69) is 25.8 Å². The van der Waals surface area contributed by atoms with Gasteiger partial charge in [0.1, 0.15) is 6.10 Å². The van der Waals surface area contributed by atoms with Gasteiger partial charge in [-0.25, -0.2) is 4.79 Å². The number of carbonyl (C=O) groups is 1. The number of esters is 1. The second kappa shape index (κ2) is 4.92. The number of hydrogen-bond acceptors (Lipinski definition) is 4. The van der Waals surface area contributed by atoms with E-state index in [0.717, 1.165) is 13.0 Å². The molecule has 1 aromatic heterocycles. The summed E-state index contributed by atoms with van der Waals surface area (Å²) in [5.41, 5.74) is 0. The van der Waals surface area contributed by atoms with Gasteiger partial charge in [0, 0.05) is 18.5 Å². The molecule has 1 aliphatic rings. The summed E-state index contributed by atoms with van der Waals surface area (Å²) in [6, 6.07) is 3.77. The lowest BCUT2D eigenvalue weighted by atomic mass is 9.92. The van der Waals surface area contributed by atoms with Gasteiger partial charge < -0.3 is 14.1 Å². The third kappa shape index (κ3) is 2.69. The quantitative estimate of drug-likeness (QED) is 0.739. The van der Waals surface area contributed by atoms with Crippen LogP contribution in [0.4, 0.5) is 0 Å². The van der Waals surface area contributed by atoms with Crippen molar-refractivity contribution >= 4 is 5.97 Å². The molecule has 0 aliphatic carbocycles. The standard InChI is InChI=1S/C13H19NO3/c1-9-8-14(3)10(2)7-12(9)17-13(15)11-5-4-6-16-11/h4-6,9-10,12H,7-8H2,1-3H3/t9-,10+,12-/m0/s1. The summed E-state index contributed by atoms with van der Waals surface area (Å²) >= 11 is 0. The maximum absolute atomic E-state index is 11.8. The highest BCUT2D eigenvalue weighted by Crippen LogP contribution is 2.24. The predicted molar refractivity (Wildman–Crippen MR) is 63.8 cm³/mol. The maximum atomic E-state index is 11.8. The molecule has 3 atom stereocenters. The largest absolute Gasteiger partial charge is 0.457 e. The Morgan fingerprint density at radius 3 is 2.94 bits per heavy atom. The fourth-order valence-electron chi connectivity index (χ4n) is 2.25. The average molecular weight is 237 g/mol. The van der Waals surface area contributed by atoms with Crippen LogP contribution < -0.4 is 0 Å². The first-order valence-electron chi connectivity index (χ1n) is 6.02. The van der Waals surface area contributed by atoms with Crippen molar-refractivity contribution in [3.8, 4) is 0 Å². The molecule has 0 unspecified atom stereocenters. The molecule has 0 N–H and O–H groups in total. The Labute approximate surface area is 102 Å². The first kappa shape index (κ1) is 12.2. The Hall–Kier alpha value is -1.29. The molecule has 0 bridgehead atoms. The minimum atomic E-state index is -0.358. The highest BCUT2D eigenvalue weighted by molar-refractivity contribution is 5.86. The molecule has 1 saturated heterocycles. The number of likely N-dealkylation sites (tertiary alicyclic amines) is 1. The van der Waals surface area contributed by atoms with Crippen molar-refractivity contribution in [2.45, 2.75) is 32.4 Å². The number of carbonyl (C=O) groups excluding carboxylic acids is 1. The van der Waals surface area contributed by atoms with Crippen LogP contribution in [0.15, 0.2) is 22.8 Å². The second-order valence-corrected chi connectivity index (χ2v) is 4.92. The van der Waals surface area contributed by atoms with E-state index in [9.17, 15) is 4.79 Å². The topological polar surface area (TPSA) is 42.7 Å². The van der Waals surface area contributed by atoms with Gasteiger partial charge in [-0.1, -0.05) is 6.92 Å². The summed E-state index contributed by atoms with van der Waals surface area (Å²) in [5, 5.41) is 0. The number of nitrogens with zero attached hydrogens (tertiary/aromatic N) is 1. The van der Waals surface area contributed by atoms with Crippen molar-refractivity contribution in [1.29, 1.82) is 0 Å². The zero-order valence-electron chi connectivity index (χ0n) is 10.6. The summed E-state index contributed by atoms with van der Waals surface area (Å²) < 4.78 is 10.5. The van der Waals surface area contributed by atoms with E-state index in [-0.39, 0.29) is 17.8 Å². The molecule has 0 amide bonds. The van der Waals surface area contributed by atoms with Crippen LogP contribution in [0, 0.1) is 5.92 Å². The SMILES string of the molecule is C[C@@H]1C[C@H](OC(=O)c2ccco2)[C@@H](C)CN1C. The minimum Gasteiger partial charge on any atom is -0.457 e. The van der Waals surface area contributed by atoms with Crippen LogP contribution in [-0.2, 0) is 4.74 Å². The molecule has 17 heavy (non-hydrogen) atoms. The zero-order valence-corrected chi connectivity index (χ0v) is 10.6. The fraction of sp³-hybridized carbons (Fsp3) is 0.615. The predicted octanol–water partition coefficient (Wildman–Crippen LogP) is 2.17. The molecule has 1 fully saturated rings. The number of hydrogen-bond donors (Lipinski definition) is 0. The number of furan rings is 1. The third-order valence-electron chi connectivity index (χ3n) is 3.52. The zero-order chi connectivity index (χ0) is 12.4. The van der Waals surface area contributed by atoms with Crippen LogP contribution in [-0.4, -0.2) is 36.6 Å². The van der Waals surface area contributed by atoms with Crippen molar-refractivity contribution in [2.24, 2.45) is 5.92 Å². The molecule has 1 aromatic rings. The van der Waals surface area contributed by atoms with E-state index in [4.69, 9.17) is 9.15 Å². The maximum Gasteiger partial charge on any atom is 0.374 e. The van der Waals surface area contributed by atoms with Gasteiger partial charge in [0.05, 0.1) is 6.26 Å². The van der Waals surface area contributed by atoms with Crippen LogP contribution in [0.3, 0.4) is 0 Å². The van der Waals surface area contributed by atoms with Gasteiger partial charge >= 0.3 is 5.97 Å². The van der Waals surface area contributed by atoms with Crippen LogP contribution in [0.25, 0.3) is 0 Å². The van der Waals surface area contributed by atoms with Crippen molar-refractivity contribution in [1.82, 2.24) is 4.90 Å². The first-order valence-corrected chi connectivity index (χ1v) is 6.02. The highest BCUT2D eigenvalue weighted by Gasteiger charge is 2.32. The molecule has 94 valence electrons. The molecule has 1 aliphatic heterocycles. The Balaban J connectivity index is 1.97. The molecule has 0 radical (unpaired) electrons. The Bertz CT molecular complexity index is 374. The van der Waals surface area contributed by atoms with E-state index in [0.29, 0.717) is 12.0 Å². The fourth-order valence-corrected chi connectivity index (χ4v) is 2.25. The van der Waals surface area contributed by atoms with Gasteiger partial charge in [0.2, 0.25) is 5.76 Å². The molecule has 2 heterocycles. The van der Waals surface area contributed by atoms with E-state index in [1.165, 1.54) is 6.26 Å². The molecule has 4 nitrogen and oxygen atoms in total. The van der Waals surface area contributed by atoms with E-state index in [1.807, 2.05) is 0 Å². The van der Waals surface area contributed by atoms with E-state index in [1.54, 1.807) is 12.1 Å². The molecule has 0 spiro atoms. The number of rotatable bonds is 2. The first-order chi connectivity index (χ1) is 8.08. The van der Waals surface area contributed by atoms with E-state index >= 15 is 0 Å². The van der Waals surface area contributed by atoms with Crippen LogP contribution >= 0.6 is 0 Å². The lowest BCUT2D eigenvalue weighted by Gasteiger charge is -2.38. The second-order valence-electron chi connectivity index (χ2n) is 4.92. The summed E-state index contributed by atoms with van der Waals surface area (Å²) in [5.74, 6) is 0.280. The molecule has 0 aromatic carbocycles. The Morgan fingerprint density at radius 1 is 1.53 bits per heavy atom. The average Bonchev–Trinajstić information content (AvgIpc) is 2.79. The molecular formula is C13H19NO3. The lowest BCUT2D eigenvalue weighted by Crippen LogP contribution is -2.46. The van der Waals surface area contributed by atoms with Gasteiger partial charge in [-0.15, -0.1) is 0 Å². The minimum absolute atomic E-state index is 0.0150. The van der Waals surface area contributed by atoms with E-state index < -0.39 is 0 Å². The van der Waals surface area contributed by atoms with Gasteiger partial charge in [0.15, 0.2) is 0 Å². The number of ether oxygens (including phenoxy) is 1. The Kier molecular flexibility index (Phi) is 3.52. The van der Waals surface area contributed by atoms with Crippen molar-refractivity contribution in [2.75, 3.05) is 13.6 Å². The summed E-state index contributed by atoms with van der Waals surface area (Å²) in [7, 11) is 2.10. The molecule has 4 heteroatoms. The van der Waals surface area contributed by atoms with Gasteiger partial charge in [0.25, 0.3) is 0 Å². The smallest absolute Gasteiger partial charge is 0.374 e. The summed E-state index contributed by atoms with van der Waals surface area (Å²) in [4.78, 5) is 14.1. The number of piperidine rings is 1. The third-order valence-corrected chi connectivity index (χ3v) is 3.52. The molecule has 2 rings (SSSR count). The van der Waals surface area contributed by atoms with Gasteiger partial charge in [-0.3, -0.25) is 0 Å². The van der Waals surface area contributed by atoms with Crippen molar-refractivity contribution < 1.29 is 13.9 Å². The normalized spacial score (nSPS) is 30.2. The van der Waals surface area contributed by atoms with Gasteiger partial charge in [-0.05, 0) is 32.5 Å². The van der Waals surface area contributed by atoms with Crippen molar-refractivity contribution in [3.63, 3.8) is 0 Å². The highest BCUT2D eigenvalue weighted by atomic mass is 16.6. The van der Waals surface area contributed by atoms with Gasteiger partial charge in [-0.2, -0.15) is 0 Å². The summed E-state index contributed by atoms with van der Waals surface area (Å²) in [6.45, 7) is 5.22. The van der Waals surface area contributed by atoms with Crippen molar-refractivity contribution in [3.05, 3.63) is 24.2 Å². The Morgan fingerprint density at radius 2 is 2.29 bits per heavy atom. The molecular weight excluding hydrogens is 218 g/mol. The lowest BCUT2D eigenvalue weighted by molar-refractivity contribution is -0.0219. The van der Waals surface area contributed by atoms with Crippen LogP contribution in [0.5, 0.6) is 0 Å². The van der Waals surface area contributed by atoms with Crippen LogP contribution in [0.1, 0.15) is 30.8 Å². The molecule has 0 saturated carbocycles. The van der Waals surface area contributed by atoms with Crippen LogP contribution in [0.2, 0.25) is 0 Å².